The summed E-state index contributed by atoms with van der Waals surface area (Å²) in [5, 5.41) is 10.5. The molecule has 0 unspecified atom stereocenters. The van der Waals surface area contributed by atoms with Crippen molar-refractivity contribution in [1.82, 2.24) is 20.5 Å². The SMILES string of the molecule is Cc1nc(C2(C)CCNCC2)n[nH]1. The number of H-pyrrole nitrogens is 1. The highest BCUT2D eigenvalue weighted by atomic mass is 15.2. The van der Waals surface area contributed by atoms with Gasteiger partial charge in [0.1, 0.15) is 5.82 Å². The third-order valence-corrected chi connectivity index (χ3v) is 2.84. The van der Waals surface area contributed by atoms with Crippen molar-refractivity contribution in [1.29, 1.82) is 0 Å². The first-order chi connectivity index (χ1) is 6.21. The van der Waals surface area contributed by atoms with E-state index in [0.29, 0.717) is 0 Å². The molecule has 0 saturated carbocycles. The van der Waals surface area contributed by atoms with Gasteiger partial charge in [-0.15, -0.1) is 0 Å². The van der Waals surface area contributed by atoms with Gasteiger partial charge in [0.2, 0.25) is 0 Å². The van der Waals surface area contributed by atoms with Gasteiger partial charge in [0.15, 0.2) is 5.82 Å². The molecule has 0 aliphatic carbocycles. The van der Waals surface area contributed by atoms with Crippen molar-refractivity contribution in [3.05, 3.63) is 11.6 Å². The number of piperidine rings is 1. The summed E-state index contributed by atoms with van der Waals surface area (Å²) in [6, 6.07) is 0. The Balaban J connectivity index is 2.22. The molecule has 0 aromatic carbocycles. The van der Waals surface area contributed by atoms with E-state index in [0.717, 1.165) is 37.6 Å². The summed E-state index contributed by atoms with van der Waals surface area (Å²) in [4.78, 5) is 4.41. The van der Waals surface area contributed by atoms with Crippen molar-refractivity contribution in [2.45, 2.75) is 32.1 Å². The highest BCUT2D eigenvalue weighted by Crippen LogP contribution is 2.29. The molecule has 1 fully saturated rings. The Morgan fingerprint density at radius 3 is 2.54 bits per heavy atom. The third kappa shape index (κ3) is 1.58. The van der Waals surface area contributed by atoms with E-state index in [1.807, 2.05) is 6.92 Å². The van der Waals surface area contributed by atoms with Crippen LogP contribution in [0.25, 0.3) is 0 Å². The van der Waals surface area contributed by atoms with E-state index in [2.05, 4.69) is 27.4 Å². The van der Waals surface area contributed by atoms with Gasteiger partial charge in [-0.25, -0.2) is 4.98 Å². The summed E-state index contributed by atoms with van der Waals surface area (Å²) in [7, 11) is 0. The third-order valence-electron chi connectivity index (χ3n) is 2.84. The number of hydrogen-bond acceptors (Lipinski definition) is 3. The zero-order valence-electron chi connectivity index (χ0n) is 8.22. The van der Waals surface area contributed by atoms with Crippen molar-refractivity contribution >= 4 is 0 Å². The van der Waals surface area contributed by atoms with Crippen LogP contribution in [-0.2, 0) is 5.41 Å². The molecule has 0 radical (unpaired) electrons. The van der Waals surface area contributed by atoms with E-state index in [-0.39, 0.29) is 5.41 Å². The standard InChI is InChI=1S/C9H16N4/c1-7-11-8(13-12-7)9(2)3-5-10-6-4-9/h10H,3-6H2,1-2H3,(H,11,12,13). The maximum Gasteiger partial charge on any atom is 0.156 e. The van der Waals surface area contributed by atoms with E-state index in [1.165, 1.54) is 0 Å². The summed E-state index contributed by atoms with van der Waals surface area (Å²) < 4.78 is 0. The van der Waals surface area contributed by atoms with E-state index in [9.17, 15) is 0 Å². The lowest BCUT2D eigenvalue weighted by molar-refractivity contribution is 0.319. The zero-order valence-corrected chi connectivity index (χ0v) is 8.22. The highest BCUT2D eigenvalue weighted by Gasteiger charge is 2.32. The van der Waals surface area contributed by atoms with Gasteiger partial charge < -0.3 is 5.32 Å². The second kappa shape index (κ2) is 3.10. The van der Waals surface area contributed by atoms with Gasteiger partial charge in [0.05, 0.1) is 0 Å². The monoisotopic (exact) mass is 180 g/mol. The average molecular weight is 180 g/mol. The fourth-order valence-corrected chi connectivity index (χ4v) is 1.81. The van der Waals surface area contributed by atoms with Gasteiger partial charge in [0.25, 0.3) is 0 Å². The average Bonchev–Trinajstić information content (AvgIpc) is 2.54. The first-order valence-corrected chi connectivity index (χ1v) is 4.81. The minimum Gasteiger partial charge on any atom is -0.317 e. The van der Waals surface area contributed by atoms with Crippen LogP contribution in [0.4, 0.5) is 0 Å². The number of aromatic nitrogens is 3. The van der Waals surface area contributed by atoms with E-state index >= 15 is 0 Å². The topological polar surface area (TPSA) is 53.6 Å². The van der Waals surface area contributed by atoms with Crippen LogP contribution in [0.2, 0.25) is 0 Å². The molecule has 72 valence electrons. The Morgan fingerprint density at radius 2 is 2.00 bits per heavy atom. The molecule has 13 heavy (non-hydrogen) atoms. The summed E-state index contributed by atoms with van der Waals surface area (Å²) in [6.07, 6.45) is 2.26. The minimum atomic E-state index is 0.177. The first kappa shape index (κ1) is 8.69. The number of hydrogen-bond donors (Lipinski definition) is 2. The van der Waals surface area contributed by atoms with Gasteiger partial charge in [-0.05, 0) is 32.9 Å². The Hall–Kier alpha value is -0.900. The van der Waals surface area contributed by atoms with Crippen LogP contribution in [0, 0.1) is 6.92 Å². The normalized spacial score (nSPS) is 21.7. The molecule has 1 aromatic rings. The van der Waals surface area contributed by atoms with Crippen LogP contribution in [0.15, 0.2) is 0 Å². The Morgan fingerprint density at radius 1 is 1.31 bits per heavy atom. The summed E-state index contributed by atoms with van der Waals surface area (Å²) in [5.41, 5.74) is 0.177. The molecule has 1 saturated heterocycles. The van der Waals surface area contributed by atoms with Crippen molar-refractivity contribution in [2.24, 2.45) is 0 Å². The molecule has 0 amide bonds. The van der Waals surface area contributed by atoms with E-state index in [4.69, 9.17) is 0 Å². The number of aromatic amines is 1. The molecular weight excluding hydrogens is 164 g/mol. The van der Waals surface area contributed by atoms with Gasteiger partial charge in [0, 0.05) is 5.41 Å². The van der Waals surface area contributed by atoms with Gasteiger partial charge >= 0.3 is 0 Å². The van der Waals surface area contributed by atoms with Crippen molar-refractivity contribution in [3.63, 3.8) is 0 Å². The maximum atomic E-state index is 4.41. The number of nitrogens with zero attached hydrogens (tertiary/aromatic N) is 2. The summed E-state index contributed by atoms with van der Waals surface area (Å²) in [5.74, 6) is 1.89. The fourth-order valence-electron chi connectivity index (χ4n) is 1.81. The molecule has 4 nitrogen and oxygen atoms in total. The lowest BCUT2D eigenvalue weighted by atomic mass is 9.80. The quantitative estimate of drug-likeness (QED) is 0.670. The molecule has 1 aliphatic rings. The van der Waals surface area contributed by atoms with Crippen LogP contribution >= 0.6 is 0 Å². The molecule has 4 heteroatoms. The molecule has 2 rings (SSSR count). The van der Waals surface area contributed by atoms with Crippen molar-refractivity contribution < 1.29 is 0 Å². The Labute approximate surface area is 78.1 Å². The molecular formula is C9H16N4. The fraction of sp³-hybridized carbons (Fsp3) is 0.778. The van der Waals surface area contributed by atoms with Gasteiger partial charge in [-0.1, -0.05) is 6.92 Å². The second-order valence-corrected chi connectivity index (χ2v) is 4.06. The largest absolute Gasteiger partial charge is 0.317 e. The molecule has 0 atom stereocenters. The highest BCUT2D eigenvalue weighted by molar-refractivity contribution is 5.07. The molecule has 2 N–H and O–H groups in total. The molecule has 1 aromatic heterocycles. The van der Waals surface area contributed by atoms with Crippen molar-refractivity contribution in [2.75, 3.05) is 13.1 Å². The van der Waals surface area contributed by atoms with Crippen molar-refractivity contribution in [3.8, 4) is 0 Å². The minimum absolute atomic E-state index is 0.177. The van der Waals surface area contributed by atoms with Gasteiger partial charge in [-0.3, -0.25) is 5.10 Å². The lowest BCUT2D eigenvalue weighted by Gasteiger charge is -2.31. The van der Waals surface area contributed by atoms with Crippen LogP contribution < -0.4 is 5.32 Å². The van der Waals surface area contributed by atoms with E-state index < -0.39 is 0 Å². The Bertz CT molecular complexity index is 286. The predicted molar refractivity (Wildman–Crippen MR) is 50.6 cm³/mol. The lowest BCUT2D eigenvalue weighted by Crippen LogP contribution is -2.38. The van der Waals surface area contributed by atoms with Crippen LogP contribution in [0.1, 0.15) is 31.4 Å². The zero-order chi connectivity index (χ0) is 9.31. The number of aryl methyl sites for hydroxylation is 1. The molecule has 0 spiro atoms. The number of rotatable bonds is 1. The first-order valence-electron chi connectivity index (χ1n) is 4.81. The smallest absolute Gasteiger partial charge is 0.156 e. The van der Waals surface area contributed by atoms with E-state index in [1.54, 1.807) is 0 Å². The molecule has 1 aliphatic heterocycles. The molecule has 0 bridgehead atoms. The van der Waals surface area contributed by atoms with Crippen LogP contribution in [0.5, 0.6) is 0 Å². The maximum absolute atomic E-state index is 4.41. The van der Waals surface area contributed by atoms with Crippen LogP contribution in [0.3, 0.4) is 0 Å². The summed E-state index contributed by atoms with van der Waals surface area (Å²) in [6.45, 7) is 6.34. The second-order valence-electron chi connectivity index (χ2n) is 4.06. The summed E-state index contributed by atoms with van der Waals surface area (Å²) >= 11 is 0. The number of nitrogens with one attached hydrogen (secondary N) is 2. The predicted octanol–water partition coefficient (Wildman–Crippen LogP) is 0.754. The van der Waals surface area contributed by atoms with Gasteiger partial charge in [-0.2, -0.15) is 5.10 Å². The van der Waals surface area contributed by atoms with Crippen LogP contribution in [-0.4, -0.2) is 28.3 Å². The molecule has 2 heterocycles. The Kier molecular flexibility index (Phi) is 2.07.